The molecule has 0 aliphatic heterocycles. The average Bonchev–Trinajstić information content (AvgIpc) is 3.01. The van der Waals surface area contributed by atoms with Crippen molar-refractivity contribution in [3.05, 3.63) is 83.4 Å². The standard InChI is InChI=1S/C22H28O2.C21H28O/c1-15-13-21(20(14-23)19-8-6-5-7-18(15)19)24-17-11-9-16(10-12-17)22(2,3)4;1-15-13-19(14-16-7-5-6-8-20(15)16)22-18-11-9-17(10-12-18)21(2,3)4/h5-8,13-14,16-17H,9-12H2,1-4H3;5-8,13-14,17-18H,9-12H2,1-4H3. The molecular weight excluding hydrogens is 564 g/mol. The molecule has 2 saturated carbocycles. The summed E-state index contributed by atoms with van der Waals surface area (Å²) in [5.41, 5.74) is 3.96. The fourth-order valence-corrected chi connectivity index (χ4v) is 7.77. The highest BCUT2D eigenvalue weighted by Crippen LogP contribution is 2.41. The summed E-state index contributed by atoms with van der Waals surface area (Å²) in [6.45, 7) is 18.3. The van der Waals surface area contributed by atoms with E-state index in [1.54, 1.807) is 0 Å². The predicted molar refractivity (Wildman–Crippen MR) is 194 cm³/mol. The third-order valence-corrected chi connectivity index (χ3v) is 10.8. The van der Waals surface area contributed by atoms with Gasteiger partial charge in [-0.3, -0.25) is 4.79 Å². The van der Waals surface area contributed by atoms with Crippen LogP contribution in [0.1, 0.15) is 114 Å². The van der Waals surface area contributed by atoms with Gasteiger partial charge in [-0.15, -0.1) is 0 Å². The third-order valence-electron chi connectivity index (χ3n) is 10.8. The van der Waals surface area contributed by atoms with Gasteiger partial charge in [0, 0.05) is 0 Å². The Balaban J connectivity index is 0.000000182. The van der Waals surface area contributed by atoms with Crippen LogP contribution in [0.2, 0.25) is 0 Å². The van der Waals surface area contributed by atoms with E-state index in [1.165, 1.54) is 54.9 Å². The molecule has 0 heterocycles. The maximum Gasteiger partial charge on any atom is 0.154 e. The largest absolute Gasteiger partial charge is 0.490 e. The number of rotatable bonds is 5. The predicted octanol–water partition coefficient (Wildman–Crippen LogP) is 12.1. The molecule has 0 amide bonds. The van der Waals surface area contributed by atoms with Crippen LogP contribution >= 0.6 is 0 Å². The molecule has 0 N–H and O–H groups in total. The van der Waals surface area contributed by atoms with E-state index >= 15 is 0 Å². The quantitative estimate of drug-likeness (QED) is 0.208. The summed E-state index contributed by atoms with van der Waals surface area (Å²) < 4.78 is 12.6. The van der Waals surface area contributed by atoms with E-state index in [-0.39, 0.29) is 6.10 Å². The van der Waals surface area contributed by atoms with E-state index in [1.807, 2.05) is 24.3 Å². The molecule has 4 aromatic rings. The van der Waals surface area contributed by atoms with Gasteiger partial charge in [0.05, 0.1) is 17.8 Å². The van der Waals surface area contributed by atoms with Crippen LogP contribution in [-0.4, -0.2) is 18.5 Å². The maximum absolute atomic E-state index is 11.7. The molecular formula is C43H56O3. The van der Waals surface area contributed by atoms with Gasteiger partial charge in [-0.1, -0.05) is 90.1 Å². The monoisotopic (exact) mass is 620 g/mol. The number of aryl methyl sites for hydroxylation is 2. The second-order valence-electron chi connectivity index (χ2n) is 16.1. The van der Waals surface area contributed by atoms with Gasteiger partial charge in [-0.25, -0.2) is 0 Å². The van der Waals surface area contributed by atoms with Crippen molar-refractivity contribution in [1.82, 2.24) is 0 Å². The van der Waals surface area contributed by atoms with Gasteiger partial charge in [0.2, 0.25) is 0 Å². The molecule has 0 unspecified atom stereocenters. The molecule has 2 aliphatic rings. The Labute approximate surface area is 278 Å². The zero-order valence-corrected chi connectivity index (χ0v) is 29.6. The van der Waals surface area contributed by atoms with E-state index in [0.717, 1.165) is 58.8 Å². The lowest BCUT2D eigenvalue weighted by atomic mass is 9.72. The Morgan fingerprint density at radius 2 is 1.07 bits per heavy atom. The molecule has 0 bridgehead atoms. The summed E-state index contributed by atoms with van der Waals surface area (Å²) in [5.74, 6) is 3.39. The van der Waals surface area contributed by atoms with Gasteiger partial charge in [0.15, 0.2) is 6.29 Å². The van der Waals surface area contributed by atoms with Crippen LogP contribution in [0.25, 0.3) is 21.5 Å². The van der Waals surface area contributed by atoms with Crippen molar-refractivity contribution in [1.29, 1.82) is 0 Å². The smallest absolute Gasteiger partial charge is 0.154 e. The van der Waals surface area contributed by atoms with Crippen LogP contribution in [0.4, 0.5) is 0 Å². The summed E-state index contributed by atoms with van der Waals surface area (Å²) in [5, 5.41) is 4.72. The second kappa shape index (κ2) is 14.2. The highest BCUT2D eigenvalue weighted by molar-refractivity contribution is 6.02. The fraction of sp³-hybridized carbons (Fsp3) is 0.512. The van der Waals surface area contributed by atoms with Crippen molar-refractivity contribution in [2.45, 2.75) is 119 Å². The number of aldehydes is 1. The van der Waals surface area contributed by atoms with Crippen LogP contribution in [0.15, 0.2) is 66.7 Å². The van der Waals surface area contributed by atoms with Crippen molar-refractivity contribution >= 4 is 27.8 Å². The lowest BCUT2D eigenvalue weighted by Gasteiger charge is -2.37. The van der Waals surface area contributed by atoms with Crippen molar-refractivity contribution in [3.63, 3.8) is 0 Å². The normalized spacial score (nSPS) is 22.2. The summed E-state index contributed by atoms with van der Waals surface area (Å²) in [4.78, 5) is 11.7. The lowest BCUT2D eigenvalue weighted by molar-refractivity contribution is 0.0870. The van der Waals surface area contributed by atoms with Crippen LogP contribution < -0.4 is 9.47 Å². The number of carbonyl (C=O) groups is 1. The first-order chi connectivity index (χ1) is 21.8. The molecule has 246 valence electrons. The van der Waals surface area contributed by atoms with Gasteiger partial charge in [-0.2, -0.15) is 0 Å². The first kappa shape index (κ1) is 34.0. The first-order valence-corrected chi connectivity index (χ1v) is 17.6. The molecule has 0 spiro atoms. The highest BCUT2D eigenvalue weighted by atomic mass is 16.5. The van der Waals surface area contributed by atoms with Crippen molar-refractivity contribution in [2.24, 2.45) is 22.7 Å². The Hall–Kier alpha value is -3.33. The molecule has 46 heavy (non-hydrogen) atoms. The van der Waals surface area contributed by atoms with Gasteiger partial charge in [0.25, 0.3) is 0 Å². The first-order valence-electron chi connectivity index (χ1n) is 17.6. The van der Waals surface area contributed by atoms with E-state index < -0.39 is 0 Å². The fourth-order valence-electron chi connectivity index (χ4n) is 7.77. The van der Waals surface area contributed by atoms with Crippen molar-refractivity contribution in [2.75, 3.05) is 0 Å². The van der Waals surface area contributed by atoms with Crippen molar-refractivity contribution < 1.29 is 14.3 Å². The molecule has 3 nitrogen and oxygen atoms in total. The molecule has 2 aliphatic carbocycles. The SMILES string of the molecule is Cc1cc(OC2CCC(C(C)(C)C)CC2)c(C=O)c2ccccc12.Cc1cc(OC2CCC(C(C)(C)C)CC2)cc2ccccc12. The van der Waals surface area contributed by atoms with E-state index in [2.05, 4.69) is 97.9 Å². The number of ether oxygens (including phenoxy) is 2. The van der Waals surface area contributed by atoms with E-state index in [9.17, 15) is 4.79 Å². The molecule has 3 heteroatoms. The van der Waals surface area contributed by atoms with E-state index in [4.69, 9.17) is 9.47 Å². The molecule has 6 rings (SSSR count). The Bertz CT molecular complexity index is 1620. The number of fused-ring (bicyclic) bond motifs is 2. The summed E-state index contributed by atoms with van der Waals surface area (Å²) in [7, 11) is 0. The second-order valence-corrected chi connectivity index (χ2v) is 16.1. The molecule has 0 aromatic heterocycles. The van der Waals surface area contributed by atoms with Gasteiger partial charge in [0.1, 0.15) is 11.5 Å². The Morgan fingerprint density at radius 1 is 0.587 bits per heavy atom. The topological polar surface area (TPSA) is 35.5 Å². The molecule has 0 radical (unpaired) electrons. The van der Waals surface area contributed by atoms with Crippen LogP contribution in [-0.2, 0) is 0 Å². The van der Waals surface area contributed by atoms with Gasteiger partial charge in [-0.05, 0) is 139 Å². The Kier molecular flexibility index (Phi) is 10.5. The summed E-state index contributed by atoms with van der Waals surface area (Å²) in [6.07, 6.45) is 11.1. The van der Waals surface area contributed by atoms with Crippen LogP contribution in [0, 0.1) is 36.5 Å². The van der Waals surface area contributed by atoms with Gasteiger partial charge < -0.3 is 9.47 Å². The molecule has 4 aromatic carbocycles. The van der Waals surface area contributed by atoms with E-state index in [0.29, 0.717) is 22.5 Å². The average molecular weight is 621 g/mol. The summed E-state index contributed by atoms with van der Waals surface area (Å²) >= 11 is 0. The summed E-state index contributed by atoms with van der Waals surface area (Å²) in [6, 6.07) is 23.0. The highest BCUT2D eigenvalue weighted by Gasteiger charge is 2.32. The van der Waals surface area contributed by atoms with Crippen LogP contribution in [0.3, 0.4) is 0 Å². The molecule has 0 atom stereocenters. The molecule has 0 saturated heterocycles. The number of hydrogen-bond acceptors (Lipinski definition) is 3. The number of benzene rings is 4. The maximum atomic E-state index is 11.7. The third kappa shape index (κ3) is 8.14. The zero-order chi connectivity index (χ0) is 33.1. The number of hydrogen-bond donors (Lipinski definition) is 0. The minimum absolute atomic E-state index is 0.225. The Morgan fingerprint density at radius 3 is 1.61 bits per heavy atom. The minimum Gasteiger partial charge on any atom is -0.490 e. The van der Waals surface area contributed by atoms with Crippen LogP contribution in [0.5, 0.6) is 11.5 Å². The lowest BCUT2D eigenvalue weighted by Crippen LogP contribution is -2.30. The van der Waals surface area contributed by atoms with Gasteiger partial charge >= 0.3 is 0 Å². The number of carbonyl (C=O) groups excluding carboxylic acids is 1. The zero-order valence-electron chi connectivity index (χ0n) is 29.6. The van der Waals surface area contributed by atoms with Crippen molar-refractivity contribution in [3.8, 4) is 11.5 Å². The minimum atomic E-state index is 0.225. The molecule has 2 fully saturated rings.